The lowest BCUT2D eigenvalue weighted by atomic mass is 10.0. The first-order valence-electron chi connectivity index (χ1n) is 10.2. The fourth-order valence-electron chi connectivity index (χ4n) is 3.71. The van der Waals surface area contributed by atoms with E-state index >= 15 is 0 Å². The number of pyridine rings is 1. The monoisotopic (exact) mass is 407 g/mol. The molecule has 156 valence electrons. The number of hydrogen-bond acceptors (Lipinski definition) is 7. The first-order valence-corrected chi connectivity index (χ1v) is 10.2. The Balaban J connectivity index is 1.22. The van der Waals surface area contributed by atoms with Crippen LogP contribution >= 0.6 is 0 Å². The predicted molar refractivity (Wildman–Crippen MR) is 113 cm³/mol. The van der Waals surface area contributed by atoms with Crippen LogP contribution in [0, 0.1) is 12.8 Å². The number of imidazole rings is 1. The molecule has 0 spiro atoms. The Morgan fingerprint density at radius 1 is 1.23 bits per heavy atom. The molecular weight excluding hydrogens is 382 g/mol. The minimum atomic E-state index is -0.317. The largest absolute Gasteiger partial charge is 0.493 e. The van der Waals surface area contributed by atoms with Gasteiger partial charge in [0.05, 0.1) is 30.9 Å². The third kappa shape index (κ3) is 3.80. The SMILES string of the molecule is COc1cc(NC(=O)c2cnc(N3CC(CNC4CC4)C3)cn2)cn2cc(C)nc12. The summed E-state index contributed by atoms with van der Waals surface area (Å²) in [5.41, 5.74) is 2.44. The zero-order valence-corrected chi connectivity index (χ0v) is 17.1. The van der Waals surface area contributed by atoms with Crippen molar-refractivity contribution in [3.05, 3.63) is 42.2 Å². The van der Waals surface area contributed by atoms with Gasteiger partial charge >= 0.3 is 0 Å². The molecular formula is C21H25N7O2. The van der Waals surface area contributed by atoms with Gasteiger partial charge in [-0.05, 0) is 19.8 Å². The topological polar surface area (TPSA) is 96.7 Å². The highest BCUT2D eigenvalue weighted by Crippen LogP contribution is 2.25. The van der Waals surface area contributed by atoms with Crippen LogP contribution < -0.4 is 20.3 Å². The molecule has 0 bridgehead atoms. The Kier molecular flexibility index (Phi) is 4.74. The number of aromatic nitrogens is 4. The zero-order valence-electron chi connectivity index (χ0n) is 17.1. The fraction of sp³-hybridized carbons (Fsp3) is 0.429. The highest BCUT2D eigenvalue weighted by molar-refractivity contribution is 6.02. The van der Waals surface area contributed by atoms with Crippen LogP contribution in [0.2, 0.25) is 0 Å². The Morgan fingerprint density at radius 2 is 2.07 bits per heavy atom. The summed E-state index contributed by atoms with van der Waals surface area (Å²) >= 11 is 0. The van der Waals surface area contributed by atoms with E-state index in [1.807, 2.05) is 17.5 Å². The van der Waals surface area contributed by atoms with Gasteiger partial charge in [-0.25, -0.2) is 15.0 Å². The Labute approximate surface area is 174 Å². The summed E-state index contributed by atoms with van der Waals surface area (Å²) in [4.78, 5) is 28.0. The van der Waals surface area contributed by atoms with E-state index < -0.39 is 0 Å². The van der Waals surface area contributed by atoms with Crippen LogP contribution in [0.1, 0.15) is 29.0 Å². The number of aryl methyl sites for hydroxylation is 1. The summed E-state index contributed by atoms with van der Waals surface area (Å²) in [6.07, 6.45) is 9.50. The first kappa shape index (κ1) is 18.8. The van der Waals surface area contributed by atoms with Gasteiger partial charge in [0.2, 0.25) is 0 Å². The van der Waals surface area contributed by atoms with Gasteiger partial charge in [-0.15, -0.1) is 0 Å². The standard InChI is InChI=1S/C21H25N7O2/c1-13-9-28-12-16(5-18(30-2)20(28)25-13)26-21(29)17-7-24-19(8-23-17)27-10-14(11-27)6-22-15-3-4-15/h5,7-9,12,14-15,22H,3-4,6,10-11H2,1-2H3,(H,26,29). The van der Waals surface area contributed by atoms with Crippen molar-refractivity contribution >= 4 is 23.1 Å². The van der Waals surface area contributed by atoms with Crippen molar-refractivity contribution < 1.29 is 9.53 Å². The molecule has 2 N–H and O–H groups in total. The predicted octanol–water partition coefficient (Wildman–Crippen LogP) is 1.88. The lowest BCUT2D eigenvalue weighted by molar-refractivity contribution is 0.102. The van der Waals surface area contributed by atoms with E-state index in [4.69, 9.17) is 4.74 Å². The van der Waals surface area contributed by atoms with Crippen molar-refractivity contribution in [3.63, 3.8) is 0 Å². The molecule has 5 rings (SSSR count). The van der Waals surface area contributed by atoms with Crippen LogP contribution in [0.5, 0.6) is 5.75 Å². The number of anilines is 2. The molecule has 0 radical (unpaired) electrons. The molecule has 0 unspecified atom stereocenters. The van der Waals surface area contributed by atoms with Crippen LogP contribution in [-0.4, -0.2) is 58.0 Å². The van der Waals surface area contributed by atoms with Gasteiger partial charge in [0.15, 0.2) is 11.4 Å². The summed E-state index contributed by atoms with van der Waals surface area (Å²) in [6, 6.07) is 2.49. The second-order valence-electron chi connectivity index (χ2n) is 8.08. The molecule has 9 heteroatoms. The Morgan fingerprint density at radius 3 is 2.77 bits per heavy atom. The van der Waals surface area contributed by atoms with Gasteiger partial charge < -0.3 is 24.7 Å². The number of rotatable bonds is 7. The number of nitrogens with one attached hydrogen (secondary N) is 2. The number of carbonyl (C=O) groups excluding carboxylic acids is 1. The van der Waals surface area contributed by atoms with Gasteiger partial charge in [-0.2, -0.15) is 0 Å². The quantitative estimate of drug-likeness (QED) is 0.617. The lowest BCUT2D eigenvalue weighted by Gasteiger charge is -2.40. The van der Waals surface area contributed by atoms with Crippen molar-refractivity contribution in [2.24, 2.45) is 5.92 Å². The van der Waals surface area contributed by atoms with Crippen LogP contribution in [-0.2, 0) is 0 Å². The van der Waals surface area contributed by atoms with E-state index in [1.165, 1.54) is 19.0 Å². The van der Waals surface area contributed by atoms with Gasteiger partial charge in [-0.1, -0.05) is 0 Å². The minimum absolute atomic E-state index is 0.270. The number of nitrogens with zero attached hydrogens (tertiary/aromatic N) is 5. The maximum atomic E-state index is 12.6. The molecule has 1 aliphatic carbocycles. The van der Waals surface area contributed by atoms with Crippen LogP contribution in [0.15, 0.2) is 30.9 Å². The van der Waals surface area contributed by atoms with E-state index in [0.717, 1.165) is 37.2 Å². The van der Waals surface area contributed by atoms with Crippen LogP contribution in [0.4, 0.5) is 11.5 Å². The van der Waals surface area contributed by atoms with Crippen LogP contribution in [0.25, 0.3) is 5.65 Å². The van der Waals surface area contributed by atoms with Crippen molar-refractivity contribution in [3.8, 4) is 5.75 Å². The summed E-state index contributed by atoms with van der Waals surface area (Å²) in [7, 11) is 1.58. The molecule has 2 fully saturated rings. The summed E-state index contributed by atoms with van der Waals surface area (Å²) in [5, 5.41) is 6.43. The van der Waals surface area contributed by atoms with Crippen molar-refractivity contribution in [2.75, 3.05) is 37.0 Å². The van der Waals surface area contributed by atoms with Gasteiger partial charge in [0, 0.05) is 50.1 Å². The molecule has 3 aromatic rings. The molecule has 1 saturated carbocycles. The smallest absolute Gasteiger partial charge is 0.275 e. The molecule has 30 heavy (non-hydrogen) atoms. The van der Waals surface area contributed by atoms with E-state index in [-0.39, 0.29) is 11.6 Å². The maximum absolute atomic E-state index is 12.6. The van der Waals surface area contributed by atoms with Gasteiger partial charge in [0.1, 0.15) is 11.5 Å². The minimum Gasteiger partial charge on any atom is -0.493 e. The number of hydrogen-bond donors (Lipinski definition) is 2. The Hall–Kier alpha value is -3.20. The number of ether oxygens (including phenoxy) is 1. The zero-order chi connectivity index (χ0) is 20.7. The van der Waals surface area contributed by atoms with Crippen molar-refractivity contribution in [2.45, 2.75) is 25.8 Å². The molecule has 0 atom stereocenters. The molecule has 2 aliphatic rings. The second-order valence-corrected chi connectivity index (χ2v) is 8.08. The summed E-state index contributed by atoms with van der Waals surface area (Å²) < 4.78 is 7.23. The molecule has 1 aliphatic heterocycles. The number of methoxy groups -OCH3 is 1. The Bertz CT molecular complexity index is 1070. The molecule has 3 aromatic heterocycles. The number of amides is 1. The van der Waals surface area contributed by atoms with Crippen molar-refractivity contribution in [1.29, 1.82) is 0 Å². The highest BCUT2D eigenvalue weighted by atomic mass is 16.5. The molecule has 1 saturated heterocycles. The lowest BCUT2D eigenvalue weighted by Crippen LogP contribution is -2.51. The van der Waals surface area contributed by atoms with Gasteiger partial charge in [0.25, 0.3) is 5.91 Å². The van der Waals surface area contributed by atoms with Crippen molar-refractivity contribution in [1.82, 2.24) is 24.7 Å². The highest BCUT2D eigenvalue weighted by Gasteiger charge is 2.30. The molecule has 1 amide bonds. The number of carbonyl (C=O) groups is 1. The molecule has 4 heterocycles. The average Bonchev–Trinajstić information content (AvgIpc) is 3.46. The van der Waals surface area contributed by atoms with E-state index in [0.29, 0.717) is 23.0 Å². The second kappa shape index (κ2) is 7.56. The third-order valence-electron chi connectivity index (χ3n) is 5.54. The normalized spacial score (nSPS) is 16.5. The first-order chi connectivity index (χ1) is 14.6. The van der Waals surface area contributed by atoms with Crippen LogP contribution in [0.3, 0.4) is 0 Å². The van der Waals surface area contributed by atoms with E-state index in [2.05, 4.69) is 30.5 Å². The van der Waals surface area contributed by atoms with E-state index in [1.54, 1.807) is 25.6 Å². The fourth-order valence-corrected chi connectivity index (χ4v) is 3.71. The third-order valence-corrected chi connectivity index (χ3v) is 5.54. The molecule has 0 aromatic carbocycles. The number of fused-ring (bicyclic) bond motifs is 1. The van der Waals surface area contributed by atoms with Gasteiger partial charge in [-0.3, -0.25) is 4.79 Å². The summed E-state index contributed by atoms with van der Waals surface area (Å²) in [5.74, 6) is 1.74. The average molecular weight is 407 g/mol. The van der Waals surface area contributed by atoms with E-state index in [9.17, 15) is 4.79 Å². The molecule has 9 nitrogen and oxygen atoms in total. The maximum Gasteiger partial charge on any atom is 0.275 e. The summed E-state index contributed by atoms with van der Waals surface area (Å²) in [6.45, 7) is 4.93.